The Morgan fingerprint density at radius 1 is 0.686 bits per heavy atom. The van der Waals surface area contributed by atoms with Crippen molar-refractivity contribution in [3.8, 4) is 11.5 Å². The van der Waals surface area contributed by atoms with Gasteiger partial charge in [0.25, 0.3) is 7.37 Å². The minimum absolute atomic E-state index is 0.118. The molecule has 0 fully saturated rings. The van der Waals surface area contributed by atoms with Crippen molar-refractivity contribution in [2.75, 3.05) is 12.8 Å². The van der Waals surface area contributed by atoms with Crippen LogP contribution in [-0.2, 0) is 34.8 Å². The van der Waals surface area contributed by atoms with Crippen LogP contribution in [0.1, 0.15) is 67.9 Å². The predicted octanol–water partition coefficient (Wildman–Crippen LogP) is 10.3. The molecule has 0 heterocycles. The van der Waals surface area contributed by atoms with Crippen LogP contribution >= 0.6 is 14.9 Å². The molecule has 0 aromatic heterocycles. The smallest absolute Gasteiger partial charge is 0.323 e. The average molecular weight is 738 g/mol. The maximum Gasteiger partial charge on any atom is 0.323 e. The van der Waals surface area contributed by atoms with Crippen molar-refractivity contribution in [3.63, 3.8) is 0 Å². The van der Waals surface area contributed by atoms with Gasteiger partial charge in [0.05, 0.1) is 17.7 Å². The third-order valence-corrected chi connectivity index (χ3v) is 14.5. The number of hydrogen-bond donors (Lipinski definition) is 1. The largest absolute Gasteiger partial charge is 0.465 e. The summed E-state index contributed by atoms with van der Waals surface area (Å²) >= 11 is 0. The Kier molecular flexibility index (Phi) is 14.7. The van der Waals surface area contributed by atoms with E-state index in [1.807, 2.05) is 120 Å². The topological polar surface area (TPSA) is 117 Å². The van der Waals surface area contributed by atoms with Crippen LogP contribution < -0.4 is 14.1 Å². The second kappa shape index (κ2) is 18.0. The van der Waals surface area contributed by atoms with E-state index in [4.69, 9.17) is 18.5 Å². The van der Waals surface area contributed by atoms with E-state index in [1.165, 1.54) is 0 Å². The number of ether oxygens (including phenoxy) is 2. The fourth-order valence-corrected chi connectivity index (χ4v) is 8.74. The number of fused-ring (bicyclic) bond motifs is 1. The molecular weight excluding hydrogens is 684 g/mol. The summed E-state index contributed by atoms with van der Waals surface area (Å²) < 4.78 is 49.5. The normalized spacial score (nSPS) is 15.2. The molecule has 0 radical (unpaired) electrons. The third kappa shape index (κ3) is 11.8. The second-order valence-electron chi connectivity index (χ2n) is 14.3. The highest BCUT2D eigenvalue weighted by Crippen LogP contribution is 2.60. The summed E-state index contributed by atoms with van der Waals surface area (Å²) in [6.45, 7) is 16.7. The molecule has 4 aromatic carbocycles. The average Bonchev–Trinajstić information content (AvgIpc) is 3.07. The third-order valence-electron chi connectivity index (χ3n) is 8.02. The summed E-state index contributed by atoms with van der Waals surface area (Å²) in [6.07, 6.45) is 0.118. The Hall–Kier alpha value is -3.90. The van der Waals surface area contributed by atoms with Crippen molar-refractivity contribution in [1.82, 2.24) is 5.09 Å². The summed E-state index contributed by atoms with van der Waals surface area (Å²) in [4.78, 5) is 24.3. The molecule has 0 spiro atoms. The van der Waals surface area contributed by atoms with Crippen LogP contribution in [0.25, 0.3) is 10.8 Å². The van der Waals surface area contributed by atoms with Crippen LogP contribution in [0.2, 0.25) is 0 Å². The van der Waals surface area contributed by atoms with Crippen LogP contribution in [0.3, 0.4) is 0 Å². The molecule has 4 rings (SSSR count). The zero-order chi connectivity index (χ0) is 37.9. The SMILES string of the molecule is CCOC(=O)[C@@H](C)NP(=O)(Oc1ccccc1)C(C)(C)C.C[C@@H](CP(=O)(Oc1cccc2ccccc12)C(C)(C)C)C(=O)OCc1ccccc1. The first-order valence-electron chi connectivity index (χ1n) is 17.2. The maximum absolute atomic E-state index is 14.0. The summed E-state index contributed by atoms with van der Waals surface area (Å²) in [5.41, 5.74) is 0.920. The molecule has 11 heteroatoms. The van der Waals surface area contributed by atoms with Crippen molar-refractivity contribution in [2.24, 2.45) is 5.92 Å². The van der Waals surface area contributed by atoms with E-state index >= 15 is 0 Å². The Morgan fingerprint density at radius 3 is 1.84 bits per heavy atom. The monoisotopic (exact) mass is 737 g/mol. The van der Waals surface area contributed by atoms with Crippen LogP contribution in [0, 0.1) is 5.92 Å². The van der Waals surface area contributed by atoms with Crippen molar-refractivity contribution >= 4 is 37.6 Å². The zero-order valence-electron chi connectivity index (χ0n) is 31.3. The van der Waals surface area contributed by atoms with Crippen molar-refractivity contribution in [1.29, 1.82) is 0 Å². The number of nitrogens with one attached hydrogen (secondary N) is 1. The van der Waals surface area contributed by atoms with Gasteiger partial charge in [-0.05, 0) is 63.8 Å². The van der Waals surface area contributed by atoms with E-state index in [0.29, 0.717) is 11.5 Å². The molecule has 0 bridgehead atoms. The second-order valence-corrected chi connectivity index (χ2v) is 20.4. The number of carbonyl (C=O) groups is 2. The number of para-hydroxylation sites is 1. The Bertz CT molecular complexity index is 1810. The molecule has 0 saturated carbocycles. The minimum Gasteiger partial charge on any atom is -0.465 e. The van der Waals surface area contributed by atoms with Crippen molar-refractivity contribution in [2.45, 2.75) is 85.3 Å². The summed E-state index contributed by atoms with van der Waals surface area (Å²) in [5, 5.41) is 3.46. The van der Waals surface area contributed by atoms with Gasteiger partial charge in [-0.25, -0.2) is 5.09 Å². The molecule has 0 aliphatic heterocycles. The van der Waals surface area contributed by atoms with Gasteiger partial charge in [-0.2, -0.15) is 0 Å². The summed E-state index contributed by atoms with van der Waals surface area (Å²) in [6, 6.07) is 31.3. The standard InChI is InChI=1S/C25H29O4P.C15H24NO4P/c1-19(24(26)28-17-20-11-6-5-7-12-20)18-30(27,25(2,3)4)29-23-16-10-14-21-13-8-9-15-22(21)23;1-6-19-14(17)12(2)16-21(18,15(3,4)5)20-13-10-8-7-9-11-13/h5-16,19H,17-18H2,1-4H3;7-12H,6H2,1-5H3,(H,16,18)/t19-,30?;12-,21?/m01/s1. The van der Waals surface area contributed by atoms with Gasteiger partial charge in [0.2, 0.25) is 0 Å². The highest BCUT2D eigenvalue weighted by molar-refractivity contribution is 7.61. The van der Waals surface area contributed by atoms with Crippen LogP contribution in [-0.4, -0.2) is 41.1 Å². The first-order valence-corrected chi connectivity index (χ1v) is 20.6. The number of rotatable bonds is 13. The molecule has 0 aliphatic rings. The summed E-state index contributed by atoms with van der Waals surface area (Å²) in [5.74, 6) is -0.284. The molecule has 51 heavy (non-hydrogen) atoms. The van der Waals surface area contributed by atoms with Crippen LogP contribution in [0.5, 0.6) is 11.5 Å². The highest BCUT2D eigenvalue weighted by Gasteiger charge is 2.43. The maximum atomic E-state index is 14.0. The fraction of sp³-hybridized carbons (Fsp3) is 0.400. The van der Waals surface area contributed by atoms with Gasteiger partial charge < -0.3 is 18.5 Å². The van der Waals surface area contributed by atoms with E-state index in [1.54, 1.807) is 45.0 Å². The van der Waals surface area contributed by atoms with Gasteiger partial charge in [0, 0.05) is 16.7 Å². The van der Waals surface area contributed by atoms with Gasteiger partial charge in [-0.3, -0.25) is 18.7 Å². The van der Waals surface area contributed by atoms with Crippen molar-refractivity contribution in [3.05, 3.63) is 109 Å². The first kappa shape index (κ1) is 41.5. The molecule has 0 aliphatic carbocycles. The number of benzene rings is 4. The van der Waals surface area contributed by atoms with E-state index in [2.05, 4.69) is 5.09 Å². The van der Waals surface area contributed by atoms with Gasteiger partial charge in [0.15, 0.2) is 0 Å². The highest BCUT2D eigenvalue weighted by atomic mass is 31.2. The van der Waals surface area contributed by atoms with Gasteiger partial charge in [-0.15, -0.1) is 0 Å². The lowest BCUT2D eigenvalue weighted by molar-refractivity contribution is -0.148. The van der Waals surface area contributed by atoms with E-state index in [0.717, 1.165) is 16.3 Å². The van der Waals surface area contributed by atoms with Gasteiger partial charge >= 0.3 is 19.5 Å². The quantitative estimate of drug-likeness (QED) is 0.106. The molecule has 4 aromatic rings. The number of esters is 2. The number of carbonyl (C=O) groups excluding carboxylic acids is 2. The van der Waals surface area contributed by atoms with Crippen LogP contribution in [0.4, 0.5) is 0 Å². The molecule has 1 N–H and O–H groups in total. The summed E-state index contributed by atoms with van der Waals surface area (Å²) in [7, 11) is -6.55. The Morgan fingerprint density at radius 2 is 1.25 bits per heavy atom. The van der Waals surface area contributed by atoms with Gasteiger partial charge in [0.1, 0.15) is 24.1 Å². The lowest BCUT2D eigenvalue weighted by Gasteiger charge is -2.33. The lowest BCUT2D eigenvalue weighted by Crippen LogP contribution is -2.39. The number of hydrogen-bond acceptors (Lipinski definition) is 8. The Labute approximate surface area is 303 Å². The van der Waals surface area contributed by atoms with E-state index in [-0.39, 0.29) is 25.3 Å². The lowest BCUT2D eigenvalue weighted by atomic mass is 10.1. The molecule has 4 atom stereocenters. The van der Waals surface area contributed by atoms with E-state index < -0.39 is 43.1 Å². The van der Waals surface area contributed by atoms with E-state index in [9.17, 15) is 18.7 Å². The predicted molar refractivity (Wildman–Crippen MR) is 206 cm³/mol. The zero-order valence-corrected chi connectivity index (χ0v) is 33.0. The molecule has 276 valence electrons. The first-order chi connectivity index (χ1) is 23.9. The molecule has 0 saturated heterocycles. The van der Waals surface area contributed by atoms with Gasteiger partial charge in [-0.1, -0.05) is 113 Å². The fourth-order valence-electron chi connectivity index (χ4n) is 4.75. The molecule has 2 unspecified atom stereocenters. The molecule has 0 amide bonds. The Balaban J connectivity index is 0.000000295. The van der Waals surface area contributed by atoms with Crippen LogP contribution in [0.15, 0.2) is 103 Å². The minimum atomic E-state index is -3.31. The van der Waals surface area contributed by atoms with Crippen molar-refractivity contribution < 1.29 is 37.2 Å². The molecular formula is C40H53NO8P2. The molecule has 9 nitrogen and oxygen atoms in total.